The predicted molar refractivity (Wildman–Crippen MR) is 136 cm³/mol. The first-order valence-corrected chi connectivity index (χ1v) is 11.1. The Morgan fingerprint density at radius 3 is 2.45 bits per heavy atom. The molecule has 3 heteroatoms. The summed E-state index contributed by atoms with van der Waals surface area (Å²) in [6.45, 7) is 7.69. The third-order valence-corrected chi connectivity index (χ3v) is 5.49. The molecular formula is C28H30ClNO. The van der Waals surface area contributed by atoms with E-state index < -0.39 is 0 Å². The van der Waals surface area contributed by atoms with Crippen molar-refractivity contribution < 1.29 is 5.11 Å². The maximum atomic E-state index is 9.02. The van der Waals surface area contributed by atoms with Gasteiger partial charge in [0.05, 0.1) is 0 Å². The molecule has 3 aromatic carbocycles. The maximum absolute atomic E-state index is 9.02. The minimum atomic E-state index is 0.197. The first-order valence-electron chi connectivity index (χ1n) is 10.7. The minimum absolute atomic E-state index is 0.197. The number of allylic oxidation sites excluding steroid dienone is 3. The standard InChI is InChI=1S/C25H24ClNO.C3H6/c1-18(7-3-2-6-16-28)27-24-15-12-19-8-4-5-9-22(19)23(24)17-25(27)20-10-13-21(26)14-11-20;1-3-2/h3-5,7-15,17-18,28H,2,6,16H2,1H3;3H,1H2,2H3/b7-3+;. The van der Waals surface area contributed by atoms with E-state index in [-0.39, 0.29) is 12.6 Å². The number of fused-ring (bicyclic) bond motifs is 3. The SMILES string of the molecule is C=CC.CC(/C=C/CCCO)n1c(-c2ccc(Cl)cc2)cc2c3ccccc3ccc21. The molecule has 0 saturated carbocycles. The number of unbranched alkanes of at least 4 members (excludes halogenated alkanes) is 1. The fraction of sp³-hybridized carbons (Fsp3) is 0.214. The highest BCUT2D eigenvalue weighted by molar-refractivity contribution is 6.30. The highest BCUT2D eigenvalue weighted by Crippen LogP contribution is 2.36. The fourth-order valence-electron chi connectivity index (χ4n) is 3.85. The van der Waals surface area contributed by atoms with Gasteiger partial charge in [0.15, 0.2) is 0 Å². The highest BCUT2D eigenvalue weighted by Gasteiger charge is 2.15. The average molecular weight is 432 g/mol. The summed E-state index contributed by atoms with van der Waals surface area (Å²) in [6, 6.07) is 23.5. The van der Waals surface area contributed by atoms with Crippen molar-refractivity contribution >= 4 is 33.3 Å². The van der Waals surface area contributed by atoms with Gasteiger partial charge >= 0.3 is 0 Å². The monoisotopic (exact) mass is 431 g/mol. The van der Waals surface area contributed by atoms with Gasteiger partial charge in [-0.15, -0.1) is 6.58 Å². The van der Waals surface area contributed by atoms with E-state index in [1.54, 1.807) is 6.08 Å². The molecule has 4 aromatic rings. The summed E-state index contributed by atoms with van der Waals surface area (Å²) in [5, 5.41) is 13.5. The zero-order valence-electron chi connectivity index (χ0n) is 18.3. The zero-order chi connectivity index (χ0) is 22.2. The molecule has 31 heavy (non-hydrogen) atoms. The Bertz CT molecular complexity index is 1170. The van der Waals surface area contributed by atoms with Crippen LogP contribution in [0.2, 0.25) is 5.02 Å². The van der Waals surface area contributed by atoms with Gasteiger partial charge in [0, 0.05) is 34.3 Å². The van der Waals surface area contributed by atoms with Gasteiger partial charge in [-0.2, -0.15) is 0 Å². The molecule has 1 N–H and O–H groups in total. The van der Waals surface area contributed by atoms with Gasteiger partial charge in [-0.05, 0) is 67.3 Å². The minimum Gasteiger partial charge on any atom is -0.396 e. The van der Waals surface area contributed by atoms with Gasteiger partial charge in [-0.3, -0.25) is 0 Å². The normalized spacial score (nSPS) is 12.1. The van der Waals surface area contributed by atoms with Crippen molar-refractivity contribution in [2.75, 3.05) is 6.61 Å². The van der Waals surface area contributed by atoms with Crippen LogP contribution in [0.1, 0.15) is 32.7 Å². The lowest BCUT2D eigenvalue weighted by Crippen LogP contribution is -2.04. The Kier molecular flexibility index (Phi) is 8.11. The number of nitrogens with zero attached hydrogens (tertiary/aromatic N) is 1. The van der Waals surface area contributed by atoms with Crippen LogP contribution in [-0.4, -0.2) is 16.3 Å². The van der Waals surface area contributed by atoms with Crippen molar-refractivity contribution in [2.24, 2.45) is 0 Å². The topological polar surface area (TPSA) is 25.2 Å². The average Bonchev–Trinajstić information content (AvgIpc) is 3.18. The Labute approximate surface area is 190 Å². The Morgan fingerprint density at radius 2 is 1.74 bits per heavy atom. The number of benzene rings is 3. The second kappa shape index (κ2) is 11.0. The molecule has 0 amide bonds. The van der Waals surface area contributed by atoms with E-state index in [1.165, 1.54) is 27.4 Å². The molecule has 0 fully saturated rings. The molecule has 0 aliphatic rings. The number of aliphatic hydroxyl groups is 1. The third-order valence-electron chi connectivity index (χ3n) is 5.24. The second-order valence-corrected chi connectivity index (χ2v) is 8.01. The van der Waals surface area contributed by atoms with E-state index in [1.807, 2.05) is 19.1 Å². The van der Waals surface area contributed by atoms with Gasteiger partial charge in [0.25, 0.3) is 0 Å². The first kappa shape index (κ1) is 22.9. The number of hydrogen-bond donors (Lipinski definition) is 1. The summed E-state index contributed by atoms with van der Waals surface area (Å²) in [5.74, 6) is 0. The van der Waals surface area contributed by atoms with E-state index in [9.17, 15) is 0 Å². The summed E-state index contributed by atoms with van der Waals surface area (Å²) in [7, 11) is 0. The van der Waals surface area contributed by atoms with Crippen LogP contribution in [-0.2, 0) is 0 Å². The van der Waals surface area contributed by atoms with E-state index in [4.69, 9.17) is 16.7 Å². The predicted octanol–water partition coefficient (Wildman–Crippen LogP) is 8.20. The van der Waals surface area contributed by atoms with Crippen molar-refractivity contribution in [1.29, 1.82) is 0 Å². The van der Waals surface area contributed by atoms with Crippen LogP contribution in [0.15, 0.2) is 91.5 Å². The zero-order valence-corrected chi connectivity index (χ0v) is 19.0. The van der Waals surface area contributed by atoms with Crippen molar-refractivity contribution in [3.63, 3.8) is 0 Å². The lowest BCUT2D eigenvalue weighted by Gasteiger charge is -2.16. The molecule has 1 heterocycles. The fourth-order valence-corrected chi connectivity index (χ4v) is 3.98. The van der Waals surface area contributed by atoms with Crippen LogP contribution in [0.5, 0.6) is 0 Å². The number of rotatable bonds is 6. The van der Waals surface area contributed by atoms with Crippen molar-refractivity contribution in [3.05, 3.63) is 96.6 Å². The van der Waals surface area contributed by atoms with Crippen LogP contribution in [0, 0.1) is 0 Å². The number of hydrogen-bond acceptors (Lipinski definition) is 1. The van der Waals surface area contributed by atoms with Gasteiger partial charge in [0.2, 0.25) is 0 Å². The molecule has 0 saturated heterocycles. The molecule has 0 aliphatic carbocycles. The van der Waals surface area contributed by atoms with Gasteiger partial charge < -0.3 is 9.67 Å². The van der Waals surface area contributed by atoms with Crippen molar-refractivity contribution in [1.82, 2.24) is 4.57 Å². The van der Waals surface area contributed by atoms with E-state index in [2.05, 4.69) is 84.8 Å². The largest absolute Gasteiger partial charge is 0.396 e. The van der Waals surface area contributed by atoms with Crippen molar-refractivity contribution in [3.8, 4) is 11.3 Å². The number of aromatic nitrogens is 1. The third kappa shape index (κ3) is 5.28. The van der Waals surface area contributed by atoms with Crippen molar-refractivity contribution in [2.45, 2.75) is 32.7 Å². The first-order chi connectivity index (χ1) is 15.1. The Morgan fingerprint density at radius 1 is 1.03 bits per heavy atom. The maximum Gasteiger partial charge on any atom is 0.0497 e. The molecule has 1 atom stereocenters. The van der Waals surface area contributed by atoms with E-state index >= 15 is 0 Å². The van der Waals surface area contributed by atoms with Crippen LogP contribution in [0.4, 0.5) is 0 Å². The molecular weight excluding hydrogens is 402 g/mol. The molecule has 1 aromatic heterocycles. The Balaban J connectivity index is 0.000000858. The smallest absolute Gasteiger partial charge is 0.0497 e. The second-order valence-electron chi connectivity index (χ2n) is 7.57. The van der Waals surface area contributed by atoms with Crippen LogP contribution in [0.3, 0.4) is 0 Å². The molecule has 0 aliphatic heterocycles. The number of aliphatic hydroxyl groups excluding tert-OH is 1. The number of halogens is 1. The summed E-state index contributed by atoms with van der Waals surface area (Å²) in [6.07, 6.45) is 7.83. The van der Waals surface area contributed by atoms with E-state index in [0.717, 1.165) is 23.4 Å². The summed E-state index contributed by atoms with van der Waals surface area (Å²) in [4.78, 5) is 0. The van der Waals surface area contributed by atoms with E-state index in [0.29, 0.717) is 0 Å². The molecule has 4 rings (SSSR count). The highest BCUT2D eigenvalue weighted by atomic mass is 35.5. The summed E-state index contributed by atoms with van der Waals surface area (Å²) >= 11 is 6.12. The molecule has 1 unspecified atom stereocenters. The van der Waals surface area contributed by atoms with Gasteiger partial charge in [0.1, 0.15) is 0 Å². The molecule has 0 radical (unpaired) electrons. The van der Waals surface area contributed by atoms with Crippen LogP contribution in [0.25, 0.3) is 32.9 Å². The summed E-state index contributed by atoms with van der Waals surface area (Å²) in [5.41, 5.74) is 3.56. The quantitative estimate of drug-likeness (QED) is 0.241. The van der Waals surface area contributed by atoms with Gasteiger partial charge in [-0.1, -0.05) is 72.3 Å². The van der Waals surface area contributed by atoms with Crippen LogP contribution < -0.4 is 0 Å². The van der Waals surface area contributed by atoms with Crippen LogP contribution >= 0.6 is 11.6 Å². The van der Waals surface area contributed by atoms with Gasteiger partial charge in [-0.25, -0.2) is 0 Å². The molecule has 0 bridgehead atoms. The lowest BCUT2D eigenvalue weighted by molar-refractivity contribution is 0.289. The molecule has 2 nitrogen and oxygen atoms in total. The lowest BCUT2D eigenvalue weighted by atomic mass is 10.1. The molecule has 0 spiro atoms. The molecule has 160 valence electrons. The summed E-state index contributed by atoms with van der Waals surface area (Å²) < 4.78 is 2.39. The Hall–Kier alpha value is -2.81.